The minimum absolute atomic E-state index is 0.0840. The zero-order chi connectivity index (χ0) is 15.2. The van der Waals surface area contributed by atoms with Crippen LogP contribution in [0.3, 0.4) is 0 Å². The highest BCUT2D eigenvalue weighted by atomic mass is 19.4. The van der Waals surface area contributed by atoms with Crippen LogP contribution in [0.1, 0.15) is 44.7 Å². The molecule has 0 aliphatic carbocycles. The molecular formula is C15H22F3NO. The Morgan fingerprint density at radius 1 is 1.25 bits per heavy atom. The molecule has 0 aliphatic rings. The fraction of sp³-hybridized carbons (Fsp3) is 0.600. The molecule has 0 heterocycles. The van der Waals surface area contributed by atoms with Gasteiger partial charge in [0.25, 0.3) is 0 Å². The molecule has 0 aliphatic heterocycles. The summed E-state index contributed by atoms with van der Waals surface area (Å²) in [7, 11) is 0. The molecule has 0 atom stereocenters. The minimum atomic E-state index is -4.39. The van der Waals surface area contributed by atoms with Crippen LogP contribution in [0.25, 0.3) is 0 Å². The van der Waals surface area contributed by atoms with E-state index in [1.54, 1.807) is 6.07 Å². The molecule has 0 amide bonds. The second-order valence-electron chi connectivity index (χ2n) is 5.07. The number of rotatable bonds is 7. The van der Waals surface area contributed by atoms with E-state index >= 15 is 0 Å². The first kappa shape index (κ1) is 16.8. The molecular weight excluding hydrogens is 267 g/mol. The first-order valence-electron chi connectivity index (χ1n) is 6.91. The van der Waals surface area contributed by atoms with Crippen LogP contribution in [-0.2, 0) is 12.7 Å². The molecule has 20 heavy (non-hydrogen) atoms. The van der Waals surface area contributed by atoms with Crippen molar-refractivity contribution < 1.29 is 17.9 Å². The van der Waals surface area contributed by atoms with Gasteiger partial charge in [-0.3, -0.25) is 0 Å². The maximum Gasteiger partial charge on any atom is 0.419 e. The van der Waals surface area contributed by atoms with E-state index in [1.807, 2.05) is 20.8 Å². The van der Waals surface area contributed by atoms with Gasteiger partial charge in [-0.05, 0) is 24.1 Å². The van der Waals surface area contributed by atoms with E-state index in [0.29, 0.717) is 18.7 Å². The molecule has 0 bridgehead atoms. The fourth-order valence-corrected chi connectivity index (χ4v) is 1.68. The smallest absolute Gasteiger partial charge is 0.419 e. The van der Waals surface area contributed by atoms with Crippen LogP contribution in [0, 0.1) is 0 Å². The molecule has 1 rings (SSSR count). The highest BCUT2D eigenvalue weighted by Crippen LogP contribution is 2.37. The Bertz CT molecular complexity index is 416. The van der Waals surface area contributed by atoms with Crippen molar-refractivity contribution in [1.29, 1.82) is 0 Å². The standard InChI is InChI=1S/C15H22F3NO/c1-4-5-8-20-14-7-6-12(10-19-11(2)3)9-13(14)15(16,17)18/h6-7,9,11,19H,4-5,8,10H2,1-3H3. The van der Waals surface area contributed by atoms with Crippen molar-refractivity contribution in [2.45, 2.75) is 52.4 Å². The van der Waals surface area contributed by atoms with E-state index in [0.717, 1.165) is 18.9 Å². The summed E-state index contributed by atoms with van der Waals surface area (Å²) in [6.07, 6.45) is -2.76. The van der Waals surface area contributed by atoms with Crippen molar-refractivity contribution in [2.24, 2.45) is 0 Å². The molecule has 1 aromatic rings. The van der Waals surface area contributed by atoms with Gasteiger partial charge in [0.1, 0.15) is 5.75 Å². The fourth-order valence-electron chi connectivity index (χ4n) is 1.68. The zero-order valence-corrected chi connectivity index (χ0v) is 12.2. The normalized spacial score (nSPS) is 11.9. The highest BCUT2D eigenvalue weighted by molar-refractivity contribution is 5.39. The highest BCUT2D eigenvalue weighted by Gasteiger charge is 2.34. The lowest BCUT2D eigenvalue weighted by atomic mass is 10.1. The minimum Gasteiger partial charge on any atom is -0.493 e. The summed E-state index contributed by atoms with van der Waals surface area (Å²) in [5.41, 5.74) is -0.0921. The van der Waals surface area contributed by atoms with Gasteiger partial charge in [0.05, 0.1) is 12.2 Å². The van der Waals surface area contributed by atoms with Gasteiger partial charge in [-0.15, -0.1) is 0 Å². The number of unbranched alkanes of at least 4 members (excludes halogenated alkanes) is 1. The summed E-state index contributed by atoms with van der Waals surface area (Å²) in [4.78, 5) is 0. The predicted molar refractivity (Wildman–Crippen MR) is 73.8 cm³/mol. The van der Waals surface area contributed by atoms with Crippen molar-refractivity contribution in [2.75, 3.05) is 6.61 Å². The lowest BCUT2D eigenvalue weighted by Gasteiger charge is -2.16. The van der Waals surface area contributed by atoms with Gasteiger partial charge >= 0.3 is 6.18 Å². The summed E-state index contributed by atoms with van der Waals surface area (Å²) in [5, 5.41) is 3.10. The zero-order valence-electron chi connectivity index (χ0n) is 12.2. The van der Waals surface area contributed by atoms with Gasteiger partial charge < -0.3 is 10.1 Å². The second kappa shape index (κ2) is 7.53. The van der Waals surface area contributed by atoms with E-state index in [-0.39, 0.29) is 11.8 Å². The Balaban J connectivity index is 2.89. The van der Waals surface area contributed by atoms with E-state index < -0.39 is 11.7 Å². The molecule has 0 saturated carbocycles. The summed E-state index contributed by atoms with van der Waals surface area (Å²) in [6, 6.07) is 4.48. The van der Waals surface area contributed by atoms with Crippen LogP contribution in [0.15, 0.2) is 18.2 Å². The third-order valence-corrected chi connectivity index (χ3v) is 2.82. The molecule has 2 nitrogen and oxygen atoms in total. The number of alkyl halides is 3. The number of hydrogen-bond acceptors (Lipinski definition) is 2. The second-order valence-corrected chi connectivity index (χ2v) is 5.07. The summed E-state index contributed by atoms with van der Waals surface area (Å²) >= 11 is 0. The van der Waals surface area contributed by atoms with Crippen LogP contribution in [-0.4, -0.2) is 12.6 Å². The van der Waals surface area contributed by atoms with E-state index in [1.165, 1.54) is 6.07 Å². The number of benzene rings is 1. The van der Waals surface area contributed by atoms with Crippen molar-refractivity contribution >= 4 is 0 Å². The molecule has 0 fully saturated rings. The molecule has 5 heteroatoms. The Kier molecular flexibility index (Phi) is 6.33. The quantitative estimate of drug-likeness (QED) is 0.752. The number of ether oxygens (including phenoxy) is 1. The van der Waals surface area contributed by atoms with Crippen molar-refractivity contribution in [1.82, 2.24) is 5.32 Å². The Labute approximate surface area is 118 Å². The Hall–Kier alpha value is -1.23. The SMILES string of the molecule is CCCCOc1ccc(CNC(C)C)cc1C(F)(F)F. The number of hydrogen-bond donors (Lipinski definition) is 1. The maximum atomic E-state index is 13.0. The largest absolute Gasteiger partial charge is 0.493 e. The third-order valence-electron chi connectivity index (χ3n) is 2.82. The Morgan fingerprint density at radius 2 is 1.95 bits per heavy atom. The van der Waals surface area contributed by atoms with Gasteiger partial charge in [-0.2, -0.15) is 13.2 Å². The molecule has 114 valence electrons. The topological polar surface area (TPSA) is 21.3 Å². The predicted octanol–water partition coefficient (Wildman–Crippen LogP) is 4.38. The molecule has 0 aromatic heterocycles. The van der Waals surface area contributed by atoms with Crippen LogP contribution in [0.2, 0.25) is 0 Å². The van der Waals surface area contributed by atoms with E-state index in [2.05, 4.69) is 5.32 Å². The van der Waals surface area contributed by atoms with Gasteiger partial charge in [-0.25, -0.2) is 0 Å². The number of nitrogens with one attached hydrogen (secondary N) is 1. The first-order chi connectivity index (χ1) is 9.34. The van der Waals surface area contributed by atoms with Gasteiger partial charge in [-0.1, -0.05) is 33.3 Å². The maximum absolute atomic E-state index is 13.0. The Morgan fingerprint density at radius 3 is 2.50 bits per heavy atom. The van der Waals surface area contributed by atoms with Crippen molar-refractivity contribution in [3.8, 4) is 5.75 Å². The monoisotopic (exact) mass is 289 g/mol. The van der Waals surface area contributed by atoms with Crippen LogP contribution in [0.5, 0.6) is 5.75 Å². The third kappa shape index (κ3) is 5.41. The van der Waals surface area contributed by atoms with Gasteiger partial charge in [0, 0.05) is 12.6 Å². The van der Waals surface area contributed by atoms with Crippen LogP contribution in [0.4, 0.5) is 13.2 Å². The van der Waals surface area contributed by atoms with Gasteiger partial charge in [0.2, 0.25) is 0 Å². The average Bonchev–Trinajstić information content (AvgIpc) is 2.36. The van der Waals surface area contributed by atoms with E-state index in [4.69, 9.17) is 4.74 Å². The molecule has 1 N–H and O–H groups in total. The lowest BCUT2D eigenvalue weighted by Crippen LogP contribution is -2.22. The molecule has 0 spiro atoms. The molecule has 0 radical (unpaired) electrons. The van der Waals surface area contributed by atoms with Crippen LogP contribution < -0.4 is 10.1 Å². The summed E-state index contributed by atoms with van der Waals surface area (Å²) < 4.78 is 44.4. The van der Waals surface area contributed by atoms with Crippen LogP contribution >= 0.6 is 0 Å². The number of halogens is 3. The molecule has 1 aromatic carbocycles. The van der Waals surface area contributed by atoms with Gasteiger partial charge in [0.15, 0.2) is 0 Å². The first-order valence-corrected chi connectivity index (χ1v) is 6.91. The van der Waals surface area contributed by atoms with E-state index in [9.17, 15) is 13.2 Å². The summed E-state index contributed by atoms with van der Waals surface area (Å²) in [5.74, 6) is -0.0840. The van der Waals surface area contributed by atoms with Crippen molar-refractivity contribution in [3.05, 3.63) is 29.3 Å². The molecule has 0 saturated heterocycles. The average molecular weight is 289 g/mol. The summed E-state index contributed by atoms with van der Waals surface area (Å²) in [6.45, 7) is 6.59. The van der Waals surface area contributed by atoms with Crippen molar-refractivity contribution in [3.63, 3.8) is 0 Å². The molecule has 0 unspecified atom stereocenters. The lowest BCUT2D eigenvalue weighted by molar-refractivity contribution is -0.139.